The van der Waals surface area contributed by atoms with Gasteiger partial charge >= 0.3 is 0 Å². The number of hydrogen-bond acceptors (Lipinski definition) is 7. The minimum absolute atomic E-state index is 0.0150. The van der Waals surface area contributed by atoms with E-state index in [0.717, 1.165) is 5.56 Å². The lowest BCUT2D eigenvalue weighted by Crippen LogP contribution is -2.46. The fraction of sp³-hybridized carbons (Fsp3) is 0.367. The maximum atomic E-state index is 15.1. The molecule has 0 spiro atoms. The predicted octanol–water partition coefficient (Wildman–Crippen LogP) is 4.81. The average Bonchev–Trinajstić information content (AvgIpc) is 2.94. The molecule has 0 fully saturated rings. The number of fused-ring (bicyclic) bond motifs is 3. The van der Waals surface area contributed by atoms with Crippen molar-refractivity contribution in [3.8, 4) is 28.7 Å². The summed E-state index contributed by atoms with van der Waals surface area (Å²) < 4.78 is 39.2. The van der Waals surface area contributed by atoms with Gasteiger partial charge in [-0.25, -0.2) is 22.8 Å². The summed E-state index contributed by atoms with van der Waals surface area (Å²) >= 11 is 0. The summed E-state index contributed by atoms with van der Waals surface area (Å²) in [5.74, 6) is -0.591. The lowest BCUT2D eigenvalue weighted by Gasteiger charge is -2.45. The maximum absolute atomic E-state index is 15.1. The van der Waals surface area contributed by atoms with Crippen molar-refractivity contribution in [3.05, 3.63) is 77.0 Å². The normalized spacial score (nSPS) is 22.4. The zero-order chi connectivity index (χ0) is 27.9. The molecule has 0 bridgehead atoms. The first-order valence-corrected chi connectivity index (χ1v) is 14.9. The molecule has 0 saturated carbocycles. The molecule has 7 nitrogen and oxygen atoms in total. The van der Waals surface area contributed by atoms with Gasteiger partial charge in [-0.05, 0) is 43.0 Å². The summed E-state index contributed by atoms with van der Waals surface area (Å²) in [7, 11) is -3.17. The summed E-state index contributed by atoms with van der Waals surface area (Å²) in [6, 6.07) is 12.0. The molecule has 200 valence electrons. The van der Waals surface area contributed by atoms with Gasteiger partial charge in [0.2, 0.25) is 0 Å². The van der Waals surface area contributed by atoms with Gasteiger partial charge in [0.1, 0.15) is 21.7 Å². The van der Waals surface area contributed by atoms with Crippen LogP contribution in [0.15, 0.2) is 54.2 Å². The van der Waals surface area contributed by atoms with Gasteiger partial charge in [0.15, 0.2) is 11.6 Å². The molecule has 2 unspecified atom stereocenters. The summed E-state index contributed by atoms with van der Waals surface area (Å²) in [5, 5.41) is 9.72. The lowest BCUT2D eigenvalue weighted by atomic mass is 9.57. The number of rotatable bonds is 6. The fourth-order valence-corrected chi connectivity index (χ4v) is 6.75. The zero-order valence-electron chi connectivity index (χ0n) is 22.1. The summed E-state index contributed by atoms with van der Waals surface area (Å²) in [6.07, 6.45) is 4.83. The SMILES string of the molecule is CCS(=O)(=O)CCc1cc(-c2nc(-c3ccccc3F)c3c(n2)[C@]2(C)C=C(C#N)C(=O)C(C)C2CC3)ccn1. The summed E-state index contributed by atoms with van der Waals surface area (Å²) in [6.45, 7) is 5.47. The molecule has 39 heavy (non-hydrogen) atoms. The molecule has 2 aromatic heterocycles. The van der Waals surface area contributed by atoms with Crippen LogP contribution in [0.4, 0.5) is 4.39 Å². The van der Waals surface area contributed by atoms with Crippen LogP contribution in [0, 0.1) is 29.0 Å². The third-order valence-corrected chi connectivity index (χ3v) is 9.86. The molecule has 3 aromatic rings. The summed E-state index contributed by atoms with van der Waals surface area (Å²) in [4.78, 5) is 27.0. The highest BCUT2D eigenvalue weighted by Gasteiger charge is 2.49. The van der Waals surface area contributed by atoms with Gasteiger partial charge in [-0.1, -0.05) is 39.0 Å². The Morgan fingerprint density at radius 3 is 2.69 bits per heavy atom. The van der Waals surface area contributed by atoms with Crippen molar-refractivity contribution < 1.29 is 17.6 Å². The molecule has 0 amide bonds. The quantitative estimate of drug-likeness (QED) is 0.437. The molecular formula is C30H29FN4O3S. The third kappa shape index (κ3) is 4.78. The number of halogens is 1. The van der Waals surface area contributed by atoms with Gasteiger partial charge < -0.3 is 0 Å². The fourth-order valence-electron chi connectivity index (χ4n) is 5.94. The van der Waals surface area contributed by atoms with E-state index in [2.05, 4.69) is 11.1 Å². The van der Waals surface area contributed by atoms with Gasteiger partial charge in [-0.15, -0.1) is 0 Å². The van der Waals surface area contributed by atoms with Crippen molar-refractivity contribution in [1.82, 2.24) is 15.0 Å². The number of allylic oxidation sites excluding steroid dienone is 2. The number of benzene rings is 1. The number of aromatic nitrogens is 3. The molecule has 0 saturated heterocycles. The van der Waals surface area contributed by atoms with Crippen molar-refractivity contribution in [2.24, 2.45) is 11.8 Å². The number of carbonyl (C=O) groups excluding carboxylic acids is 1. The van der Waals surface area contributed by atoms with Crippen LogP contribution in [-0.4, -0.2) is 40.7 Å². The Kier molecular flexibility index (Phi) is 6.93. The molecule has 0 N–H and O–H groups in total. The molecule has 0 radical (unpaired) electrons. The highest BCUT2D eigenvalue weighted by atomic mass is 32.2. The van der Waals surface area contributed by atoms with Crippen molar-refractivity contribution in [2.75, 3.05) is 11.5 Å². The van der Waals surface area contributed by atoms with E-state index in [1.807, 2.05) is 13.8 Å². The largest absolute Gasteiger partial charge is 0.293 e. The van der Waals surface area contributed by atoms with E-state index in [1.165, 1.54) is 6.07 Å². The van der Waals surface area contributed by atoms with Crippen LogP contribution >= 0.6 is 0 Å². The second kappa shape index (κ2) is 10.1. The number of nitrogens with zero attached hydrogens (tertiary/aromatic N) is 4. The van der Waals surface area contributed by atoms with Crippen LogP contribution in [0.5, 0.6) is 0 Å². The van der Waals surface area contributed by atoms with E-state index in [4.69, 9.17) is 9.97 Å². The van der Waals surface area contributed by atoms with E-state index < -0.39 is 21.1 Å². The molecule has 1 aromatic carbocycles. The second-order valence-corrected chi connectivity index (χ2v) is 12.9. The Morgan fingerprint density at radius 2 is 1.97 bits per heavy atom. The number of carbonyl (C=O) groups is 1. The monoisotopic (exact) mass is 544 g/mol. The minimum atomic E-state index is -3.17. The minimum Gasteiger partial charge on any atom is -0.293 e. The van der Waals surface area contributed by atoms with Crippen molar-refractivity contribution in [3.63, 3.8) is 0 Å². The number of ketones is 1. The first kappa shape index (κ1) is 26.8. The van der Waals surface area contributed by atoms with Crippen LogP contribution in [0.2, 0.25) is 0 Å². The summed E-state index contributed by atoms with van der Waals surface area (Å²) in [5.41, 5.74) is 2.93. The molecule has 2 heterocycles. The first-order chi connectivity index (χ1) is 18.6. The van der Waals surface area contributed by atoms with E-state index in [0.29, 0.717) is 46.9 Å². The highest BCUT2D eigenvalue weighted by Crippen LogP contribution is 2.51. The molecular weight excluding hydrogens is 515 g/mol. The Balaban J connectivity index is 1.72. The van der Waals surface area contributed by atoms with Crippen LogP contribution in [0.3, 0.4) is 0 Å². The van der Waals surface area contributed by atoms with Crippen molar-refractivity contribution in [2.45, 2.75) is 45.4 Å². The zero-order valence-corrected chi connectivity index (χ0v) is 22.9. The van der Waals surface area contributed by atoms with Gasteiger partial charge in [-0.3, -0.25) is 9.78 Å². The smallest absolute Gasteiger partial charge is 0.176 e. The van der Waals surface area contributed by atoms with Crippen molar-refractivity contribution >= 4 is 15.6 Å². The molecule has 0 aliphatic heterocycles. The van der Waals surface area contributed by atoms with Crippen LogP contribution < -0.4 is 0 Å². The van der Waals surface area contributed by atoms with Crippen LogP contribution in [-0.2, 0) is 32.9 Å². The van der Waals surface area contributed by atoms with E-state index >= 15 is 4.39 Å². The highest BCUT2D eigenvalue weighted by molar-refractivity contribution is 7.91. The average molecular weight is 545 g/mol. The number of Topliss-reactive ketones (excluding diaryl/α,β-unsaturated/α-hetero) is 1. The number of nitriles is 1. The lowest BCUT2D eigenvalue weighted by molar-refractivity contribution is -0.121. The van der Waals surface area contributed by atoms with Crippen LogP contribution in [0.25, 0.3) is 22.6 Å². The standard InChI is InChI=1S/C30H29FN4O3S/c1-4-39(37,38)14-12-21-15-19(11-13-33-21)29-34-26(22-7-5-6-8-25(22)31)23-9-10-24-18(2)27(36)20(17-32)16-30(24,3)28(23)35-29/h5-8,11,13,15-16,18,24H,4,9-10,12,14H2,1-3H3/t18?,24?,30-/m1/s1. The molecule has 5 rings (SSSR count). The molecule has 3 atom stereocenters. The molecule has 9 heteroatoms. The van der Waals surface area contributed by atoms with Gasteiger partial charge in [0.25, 0.3) is 0 Å². The van der Waals surface area contributed by atoms with Gasteiger partial charge in [0.05, 0.1) is 22.7 Å². The molecule has 2 aliphatic carbocycles. The second-order valence-electron chi connectivity index (χ2n) is 10.5. The topological polar surface area (TPSA) is 114 Å². The van der Waals surface area contributed by atoms with Gasteiger partial charge in [0, 0.05) is 52.1 Å². The maximum Gasteiger partial charge on any atom is 0.176 e. The number of hydrogen-bond donors (Lipinski definition) is 0. The Labute approximate surface area is 227 Å². The van der Waals surface area contributed by atoms with Crippen molar-refractivity contribution in [1.29, 1.82) is 5.26 Å². The Hall–Kier alpha value is -3.77. The van der Waals surface area contributed by atoms with Gasteiger partial charge in [-0.2, -0.15) is 5.26 Å². The number of aryl methyl sites for hydroxylation is 1. The number of pyridine rings is 1. The Morgan fingerprint density at radius 1 is 1.21 bits per heavy atom. The Bertz CT molecular complexity index is 1660. The van der Waals surface area contributed by atoms with E-state index in [1.54, 1.807) is 49.5 Å². The number of sulfone groups is 1. The molecule has 2 aliphatic rings. The third-order valence-electron chi connectivity index (χ3n) is 8.15. The van der Waals surface area contributed by atoms with Crippen LogP contribution in [0.1, 0.15) is 44.1 Å². The van der Waals surface area contributed by atoms with E-state index in [9.17, 15) is 18.5 Å². The first-order valence-electron chi connectivity index (χ1n) is 13.1. The van der Waals surface area contributed by atoms with E-state index in [-0.39, 0.29) is 41.1 Å². The predicted molar refractivity (Wildman–Crippen MR) is 146 cm³/mol.